The molecule has 1 amide bonds. The molecule has 8 heteroatoms. The molecule has 0 bridgehead atoms. The van der Waals surface area contributed by atoms with Crippen molar-refractivity contribution < 1.29 is 13.9 Å². The average Bonchev–Trinajstić information content (AvgIpc) is 2.85. The number of aromatic nitrogens is 2. The molecular formula is C27H26FN3O3S. The molecule has 35 heavy (non-hydrogen) atoms. The molecule has 0 spiro atoms. The van der Waals surface area contributed by atoms with Crippen LogP contribution < -0.4 is 15.6 Å². The van der Waals surface area contributed by atoms with Crippen LogP contribution in [0.1, 0.15) is 32.4 Å². The Morgan fingerprint density at radius 3 is 2.43 bits per heavy atom. The zero-order chi connectivity index (χ0) is 24.9. The summed E-state index contributed by atoms with van der Waals surface area (Å²) in [5.74, 6) is 0.160. The molecule has 2 unspecified atom stereocenters. The number of carbonyl (C=O) groups excluding carboxylic acids is 1. The third-order valence-corrected chi connectivity index (χ3v) is 6.58. The Bertz CT molecular complexity index is 1390. The van der Waals surface area contributed by atoms with Crippen molar-refractivity contribution in [2.24, 2.45) is 0 Å². The minimum absolute atomic E-state index is 0.213. The lowest BCUT2D eigenvalue weighted by atomic mass is 10.1. The van der Waals surface area contributed by atoms with Crippen LogP contribution in [0.4, 0.5) is 4.39 Å². The van der Waals surface area contributed by atoms with E-state index in [-0.39, 0.29) is 23.3 Å². The van der Waals surface area contributed by atoms with Crippen LogP contribution in [-0.4, -0.2) is 27.3 Å². The highest BCUT2D eigenvalue weighted by atomic mass is 32.2. The number of amides is 1. The highest BCUT2D eigenvalue weighted by Crippen LogP contribution is 2.26. The fraction of sp³-hybridized carbons (Fsp3) is 0.222. The van der Waals surface area contributed by atoms with Crippen LogP contribution in [0.25, 0.3) is 16.6 Å². The first-order valence-corrected chi connectivity index (χ1v) is 12.2. The number of benzene rings is 3. The maximum absolute atomic E-state index is 13.4. The van der Waals surface area contributed by atoms with E-state index in [9.17, 15) is 14.0 Å². The van der Waals surface area contributed by atoms with E-state index in [1.807, 2.05) is 19.9 Å². The number of carbonyl (C=O) groups is 1. The van der Waals surface area contributed by atoms with Crippen molar-refractivity contribution in [3.63, 3.8) is 0 Å². The fourth-order valence-corrected chi connectivity index (χ4v) is 4.59. The molecule has 2 atom stereocenters. The van der Waals surface area contributed by atoms with Crippen molar-refractivity contribution in [1.82, 2.24) is 14.9 Å². The summed E-state index contributed by atoms with van der Waals surface area (Å²) in [6, 6.07) is 20.1. The highest BCUT2D eigenvalue weighted by molar-refractivity contribution is 8.00. The van der Waals surface area contributed by atoms with Gasteiger partial charge >= 0.3 is 0 Å². The van der Waals surface area contributed by atoms with Crippen LogP contribution in [0.5, 0.6) is 5.75 Å². The van der Waals surface area contributed by atoms with Gasteiger partial charge in [0.25, 0.3) is 5.56 Å². The van der Waals surface area contributed by atoms with Crippen molar-refractivity contribution in [3.05, 3.63) is 94.5 Å². The summed E-state index contributed by atoms with van der Waals surface area (Å²) in [5, 5.41) is 3.32. The van der Waals surface area contributed by atoms with Crippen LogP contribution in [0, 0.1) is 5.82 Å². The highest BCUT2D eigenvalue weighted by Gasteiger charge is 2.22. The molecule has 0 fully saturated rings. The number of halogens is 1. The summed E-state index contributed by atoms with van der Waals surface area (Å²) < 4.78 is 20.3. The van der Waals surface area contributed by atoms with E-state index in [1.54, 1.807) is 61.5 Å². The number of nitrogens with zero attached hydrogens (tertiary/aromatic N) is 2. The SMILES string of the molecule is CCOc1ccc(-n2c(SC(C)C(=O)NC(C)c3ccc(F)cc3)nc3ccccc3c2=O)cc1. The number of para-hydroxylation sites is 1. The number of rotatable bonds is 8. The van der Waals surface area contributed by atoms with Crippen LogP contribution in [-0.2, 0) is 4.79 Å². The normalized spacial score (nSPS) is 12.8. The lowest BCUT2D eigenvalue weighted by Crippen LogP contribution is -2.33. The predicted molar refractivity (Wildman–Crippen MR) is 137 cm³/mol. The topological polar surface area (TPSA) is 73.2 Å². The summed E-state index contributed by atoms with van der Waals surface area (Å²) in [7, 11) is 0. The molecule has 0 aliphatic rings. The molecule has 1 aromatic heterocycles. The van der Waals surface area contributed by atoms with Gasteiger partial charge in [-0.15, -0.1) is 0 Å². The van der Waals surface area contributed by atoms with Gasteiger partial charge in [0.2, 0.25) is 5.91 Å². The number of hydrogen-bond donors (Lipinski definition) is 1. The molecule has 6 nitrogen and oxygen atoms in total. The Balaban J connectivity index is 1.64. The van der Waals surface area contributed by atoms with Crippen molar-refractivity contribution in [3.8, 4) is 11.4 Å². The summed E-state index contributed by atoms with van der Waals surface area (Å²) in [6.45, 7) is 6.05. The Morgan fingerprint density at radius 2 is 1.74 bits per heavy atom. The zero-order valence-electron chi connectivity index (χ0n) is 19.7. The number of ether oxygens (including phenoxy) is 1. The van der Waals surface area contributed by atoms with Crippen LogP contribution in [0.3, 0.4) is 0 Å². The van der Waals surface area contributed by atoms with Crippen LogP contribution >= 0.6 is 11.8 Å². The number of hydrogen-bond acceptors (Lipinski definition) is 5. The molecule has 0 aliphatic carbocycles. The molecule has 180 valence electrons. The number of nitrogens with one attached hydrogen (secondary N) is 1. The minimum Gasteiger partial charge on any atom is -0.494 e. The summed E-state index contributed by atoms with van der Waals surface area (Å²) in [5.41, 5.74) is 1.78. The first-order valence-electron chi connectivity index (χ1n) is 11.3. The van der Waals surface area contributed by atoms with Crippen molar-refractivity contribution in [2.45, 2.75) is 37.2 Å². The van der Waals surface area contributed by atoms with E-state index in [0.717, 1.165) is 5.56 Å². The van der Waals surface area contributed by atoms with E-state index in [0.29, 0.717) is 34.1 Å². The molecule has 1 heterocycles. The van der Waals surface area contributed by atoms with E-state index >= 15 is 0 Å². The second kappa shape index (κ2) is 10.7. The number of thioether (sulfide) groups is 1. The van der Waals surface area contributed by atoms with Gasteiger partial charge in [0, 0.05) is 0 Å². The van der Waals surface area contributed by atoms with Gasteiger partial charge in [0.1, 0.15) is 11.6 Å². The summed E-state index contributed by atoms with van der Waals surface area (Å²) >= 11 is 1.20. The molecule has 0 radical (unpaired) electrons. The maximum Gasteiger partial charge on any atom is 0.266 e. The fourth-order valence-electron chi connectivity index (χ4n) is 3.65. The largest absolute Gasteiger partial charge is 0.494 e. The van der Waals surface area contributed by atoms with E-state index in [1.165, 1.54) is 28.5 Å². The quantitative estimate of drug-likeness (QED) is 0.268. The third kappa shape index (κ3) is 5.54. The predicted octanol–water partition coefficient (Wildman–Crippen LogP) is 5.28. The standard InChI is InChI=1S/C27H26FN3O3S/c1-4-34-22-15-13-21(14-16-22)31-26(33)23-7-5-6-8-24(23)30-27(31)35-18(3)25(32)29-17(2)19-9-11-20(28)12-10-19/h5-18H,4H2,1-3H3,(H,29,32). The Morgan fingerprint density at radius 1 is 1.06 bits per heavy atom. The van der Waals surface area contributed by atoms with Gasteiger partial charge in [-0.25, -0.2) is 9.37 Å². The molecule has 3 aromatic carbocycles. The molecule has 0 saturated carbocycles. The summed E-state index contributed by atoms with van der Waals surface area (Å²) in [6.07, 6.45) is 0. The van der Waals surface area contributed by atoms with Crippen LogP contribution in [0.2, 0.25) is 0 Å². The smallest absolute Gasteiger partial charge is 0.266 e. The van der Waals surface area contributed by atoms with E-state index in [4.69, 9.17) is 9.72 Å². The second-order valence-electron chi connectivity index (χ2n) is 8.02. The monoisotopic (exact) mass is 491 g/mol. The minimum atomic E-state index is -0.542. The first kappa shape index (κ1) is 24.5. The molecular weight excluding hydrogens is 465 g/mol. The van der Waals surface area contributed by atoms with Gasteiger partial charge in [-0.1, -0.05) is 36.0 Å². The van der Waals surface area contributed by atoms with Gasteiger partial charge in [-0.3, -0.25) is 14.2 Å². The molecule has 1 N–H and O–H groups in total. The van der Waals surface area contributed by atoms with Crippen LogP contribution in [0.15, 0.2) is 82.7 Å². The van der Waals surface area contributed by atoms with Gasteiger partial charge in [0.05, 0.1) is 34.5 Å². The lowest BCUT2D eigenvalue weighted by molar-refractivity contribution is -0.120. The third-order valence-electron chi connectivity index (χ3n) is 5.53. The number of fused-ring (bicyclic) bond motifs is 1. The average molecular weight is 492 g/mol. The van der Waals surface area contributed by atoms with Gasteiger partial charge in [0.15, 0.2) is 5.16 Å². The van der Waals surface area contributed by atoms with Gasteiger partial charge in [-0.05, 0) is 74.9 Å². The molecule has 4 rings (SSSR count). The maximum atomic E-state index is 13.4. The zero-order valence-corrected chi connectivity index (χ0v) is 20.5. The van der Waals surface area contributed by atoms with E-state index in [2.05, 4.69) is 5.32 Å². The molecule has 0 saturated heterocycles. The second-order valence-corrected chi connectivity index (χ2v) is 9.33. The molecule has 0 aliphatic heterocycles. The first-order chi connectivity index (χ1) is 16.9. The summed E-state index contributed by atoms with van der Waals surface area (Å²) in [4.78, 5) is 31.1. The Kier molecular flexibility index (Phi) is 7.51. The van der Waals surface area contributed by atoms with Crippen molar-refractivity contribution in [1.29, 1.82) is 0 Å². The Hall–Kier alpha value is -3.65. The van der Waals surface area contributed by atoms with Crippen molar-refractivity contribution in [2.75, 3.05) is 6.61 Å². The van der Waals surface area contributed by atoms with E-state index < -0.39 is 5.25 Å². The lowest BCUT2D eigenvalue weighted by Gasteiger charge is -2.19. The Labute approximate surface area is 207 Å². The van der Waals surface area contributed by atoms with Crippen molar-refractivity contribution >= 4 is 28.6 Å². The van der Waals surface area contributed by atoms with Gasteiger partial charge in [-0.2, -0.15) is 0 Å². The molecule has 4 aromatic rings. The van der Waals surface area contributed by atoms with Gasteiger partial charge < -0.3 is 10.1 Å².